The van der Waals surface area contributed by atoms with Crippen LogP contribution in [0.2, 0.25) is 0 Å². The van der Waals surface area contributed by atoms with Gasteiger partial charge in [0.25, 0.3) is 0 Å². The number of benzene rings is 2. The zero-order valence-electron chi connectivity index (χ0n) is 14.3. The van der Waals surface area contributed by atoms with Gasteiger partial charge in [-0.05, 0) is 60.8 Å². The van der Waals surface area contributed by atoms with E-state index in [1.807, 2.05) is 13.8 Å². The normalized spacial score (nSPS) is 14.7. The molecule has 0 saturated carbocycles. The first-order chi connectivity index (χ1) is 11.6. The third-order valence-corrected chi connectivity index (χ3v) is 4.60. The van der Waals surface area contributed by atoms with Crippen molar-refractivity contribution in [2.24, 2.45) is 5.10 Å². The zero-order chi connectivity index (χ0) is 17.1. The van der Waals surface area contributed by atoms with E-state index in [-0.39, 0.29) is 6.04 Å². The van der Waals surface area contributed by atoms with Crippen LogP contribution in [0.4, 0.5) is 0 Å². The molecule has 24 heavy (non-hydrogen) atoms. The molecule has 1 unspecified atom stereocenters. The van der Waals surface area contributed by atoms with Gasteiger partial charge in [-0.1, -0.05) is 30.3 Å². The molecule has 2 aromatic rings. The summed E-state index contributed by atoms with van der Waals surface area (Å²) in [5.74, 6) is 0. The highest BCUT2D eigenvalue weighted by atomic mass is 32.1. The number of aryl methyl sites for hydroxylation is 2. The van der Waals surface area contributed by atoms with Crippen LogP contribution in [0, 0.1) is 0 Å². The lowest BCUT2D eigenvalue weighted by Gasteiger charge is -2.14. The second kappa shape index (κ2) is 7.28. The molecule has 0 aliphatic heterocycles. The van der Waals surface area contributed by atoms with Crippen LogP contribution in [0.25, 0.3) is 10.8 Å². The summed E-state index contributed by atoms with van der Waals surface area (Å²) in [6.07, 6.45) is 2.27. The number of thiocarbonyl (C=S) groups is 1. The maximum Gasteiger partial charge on any atom is 0.187 e. The average molecular weight is 341 g/mol. The molecule has 1 aliphatic carbocycles. The Balaban J connectivity index is 1.80. The van der Waals surface area contributed by atoms with Crippen LogP contribution < -0.4 is 10.7 Å². The molecule has 0 bridgehead atoms. The van der Waals surface area contributed by atoms with E-state index in [1.165, 1.54) is 21.9 Å². The summed E-state index contributed by atoms with van der Waals surface area (Å²) in [5, 5.41) is 10.8. The Bertz CT molecular complexity index is 790. The molecule has 4 nitrogen and oxygen atoms in total. The van der Waals surface area contributed by atoms with Crippen molar-refractivity contribution in [3.05, 3.63) is 47.0 Å². The fourth-order valence-electron chi connectivity index (χ4n) is 3.30. The highest BCUT2D eigenvalue weighted by Crippen LogP contribution is 2.32. The van der Waals surface area contributed by atoms with Crippen molar-refractivity contribution in [2.45, 2.75) is 32.7 Å². The summed E-state index contributed by atoms with van der Waals surface area (Å²) >= 11 is 5.28. The van der Waals surface area contributed by atoms with E-state index in [0.717, 1.165) is 24.1 Å². The van der Waals surface area contributed by atoms with Gasteiger partial charge in [0, 0.05) is 18.7 Å². The Morgan fingerprint density at radius 1 is 1.25 bits per heavy atom. The standard InChI is InChI=1S/C19H23N3OS/c1-12(11-23-3)20-19(24)22-21-13(2)16-10-9-15-8-7-14-5-4-6-17(16)18(14)15/h4-6,9-10,12H,7-8,11H2,1-3H3,(H2,20,22,24)/b21-13+. The Hall–Kier alpha value is -1.98. The summed E-state index contributed by atoms with van der Waals surface area (Å²) < 4.78 is 5.09. The lowest BCUT2D eigenvalue weighted by atomic mass is 9.98. The first kappa shape index (κ1) is 16.9. The van der Waals surface area contributed by atoms with Crippen molar-refractivity contribution in [1.82, 2.24) is 10.7 Å². The molecule has 0 spiro atoms. The number of hydrogen-bond donors (Lipinski definition) is 2. The Morgan fingerprint density at radius 3 is 2.75 bits per heavy atom. The van der Waals surface area contributed by atoms with Crippen LogP contribution in [0.3, 0.4) is 0 Å². The maximum atomic E-state index is 5.28. The number of nitrogens with zero attached hydrogens (tertiary/aromatic N) is 1. The second-order valence-electron chi connectivity index (χ2n) is 6.25. The number of rotatable bonds is 5. The number of hydrogen-bond acceptors (Lipinski definition) is 3. The molecular formula is C19H23N3OS. The predicted octanol–water partition coefficient (Wildman–Crippen LogP) is 3.16. The molecule has 0 amide bonds. The van der Waals surface area contributed by atoms with Gasteiger partial charge in [0.05, 0.1) is 12.3 Å². The molecule has 0 aromatic heterocycles. The van der Waals surface area contributed by atoms with Crippen molar-refractivity contribution >= 4 is 33.8 Å². The highest BCUT2D eigenvalue weighted by molar-refractivity contribution is 7.80. The summed E-state index contributed by atoms with van der Waals surface area (Å²) in [6.45, 7) is 4.61. The molecule has 0 saturated heterocycles. The van der Waals surface area contributed by atoms with E-state index >= 15 is 0 Å². The first-order valence-electron chi connectivity index (χ1n) is 8.23. The molecule has 0 fully saturated rings. The van der Waals surface area contributed by atoms with Crippen molar-refractivity contribution in [3.8, 4) is 0 Å². The van der Waals surface area contributed by atoms with E-state index in [0.29, 0.717) is 11.7 Å². The lowest BCUT2D eigenvalue weighted by molar-refractivity contribution is 0.179. The van der Waals surface area contributed by atoms with Gasteiger partial charge in [0.2, 0.25) is 0 Å². The third kappa shape index (κ3) is 3.42. The van der Waals surface area contributed by atoms with Crippen LogP contribution in [0.5, 0.6) is 0 Å². The minimum Gasteiger partial charge on any atom is -0.383 e. The summed E-state index contributed by atoms with van der Waals surface area (Å²) in [5.41, 5.74) is 7.89. The van der Waals surface area contributed by atoms with Gasteiger partial charge in [-0.15, -0.1) is 0 Å². The SMILES string of the molecule is COCC(C)NC(=S)N/N=C(\C)c1ccc2c3c(cccc13)CC2. The fraction of sp³-hybridized carbons (Fsp3) is 0.368. The molecule has 0 radical (unpaired) electrons. The van der Waals surface area contributed by atoms with E-state index in [9.17, 15) is 0 Å². The summed E-state index contributed by atoms with van der Waals surface area (Å²) in [4.78, 5) is 0. The molecule has 1 atom stereocenters. The predicted molar refractivity (Wildman–Crippen MR) is 104 cm³/mol. The summed E-state index contributed by atoms with van der Waals surface area (Å²) in [6, 6.07) is 11.1. The van der Waals surface area contributed by atoms with Crippen molar-refractivity contribution < 1.29 is 4.74 Å². The van der Waals surface area contributed by atoms with Gasteiger partial charge in [-0.25, -0.2) is 0 Å². The number of ether oxygens (including phenoxy) is 1. The molecule has 2 N–H and O–H groups in total. The van der Waals surface area contributed by atoms with E-state index in [4.69, 9.17) is 17.0 Å². The van der Waals surface area contributed by atoms with Crippen LogP contribution >= 0.6 is 12.2 Å². The van der Waals surface area contributed by atoms with Gasteiger partial charge >= 0.3 is 0 Å². The minimum atomic E-state index is 0.141. The van der Waals surface area contributed by atoms with Crippen LogP contribution in [-0.2, 0) is 17.6 Å². The Morgan fingerprint density at radius 2 is 2.00 bits per heavy atom. The smallest absolute Gasteiger partial charge is 0.187 e. The van der Waals surface area contributed by atoms with Gasteiger partial charge < -0.3 is 10.1 Å². The van der Waals surface area contributed by atoms with E-state index < -0.39 is 0 Å². The fourth-order valence-corrected chi connectivity index (χ4v) is 3.55. The maximum absolute atomic E-state index is 5.28. The molecule has 1 aliphatic rings. The lowest BCUT2D eigenvalue weighted by Crippen LogP contribution is -2.40. The van der Waals surface area contributed by atoms with Crippen molar-refractivity contribution in [1.29, 1.82) is 0 Å². The quantitative estimate of drug-likeness (QED) is 0.498. The van der Waals surface area contributed by atoms with Gasteiger partial charge in [0.15, 0.2) is 5.11 Å². The van der Waals surface area contributed by atoms with Gasteiger partial charge in [-0.3, -0.25) is 5.43 Å². The Kier molecular flexibility index (Phi) is 5.11. The molecule has 3 rings (SSSR count). The third-order valence-electron chi connectivity index (χ3n) is 4.39. The van der Waals surface area contributed by atoms with Gasteiger partial charge in [-0.2, -0.15) is 5.10 Å². The topological polar surface area (TPSA) is 45.6 Å². The van der Waals surface area contributed by atoms with Crippen molar-refractivity contribution in [3.63, 3.8) is 0 Å². The van der Waals surface area contributed by atoms with Crippen molar-refractivity contribution in [2.75, 3.05) is 13.7 Å². The molecule has 0 heterocycles. The minimum absolute atomic E-state index is 0.141. The molecule has 2 aromatic carbocycles. The number of nitrogens with one attached hydrogen (secondary N) is 2. The largest absolute Gasteiger partial charge is 0.383 e. The zero-order valence-corrected chi connectivity index (χ0v) is 15.2. The van der Waals surface area contributed by atoms with E-state index in [2.05, 4.69) is 46.2 Å². The molecule has 5 heteroatoms. The number of methoxy groups -OCH3 is 1. The van der Waals surface area contributed by atoms with E-state index in [1.54, 1.807) is 7.11 Å². The van der Waals surface area contributed by atoms with Crippen LogP contribution in [0.15, 0.2) is 35.4 Å². The Labute approximate surface area is 148 Å². The summed E-state index contributed by atoms with van der Waals surface area (Å²) in [7, 11) is 1.67. The molecule has 126 valence electrons. The van der Waals surface area contributed by atoms with Crippen LogP contribution in [0.1, 0.15) is 30.5 Å². The van der Waals surface area contributed by atoms with Crippen LogP contribution in [-0.4, -0.2) is 30.6 Å². The van der Waals surface area contributed by atoms with Gasteiger partial charge in [0.1, 0.15) is 0 Å². The average Bonchev–Trinajstić information content (AvgIpc) is 2.98. The monoisotopic (exact) mass is 341 g/mol. The second-order valence-corrected chi connectivity index (χ2v) is 6.66. The highest BCUT2D eigenvalue weighted by Gasteiger charge is 2.16. The first-order valence-corrected chi connectivity index (χ1v) is 8.64. The molecular weight excluding hydrogens is 318 g/mol. The number of hydrazone groups is 1.